The van der Waals surface area contributed by atoms with Crippen molar-refractivity contribution >= 4 is 46.9 Å². The van der Waals surface area contributed by atoms with E-state index in [9.17, 15) is 4.79 Å². The van der Waals surface area contributed by atoms with Gasteiger partial charge in [-0.3, -0.25) is 9.63 Å². The van der Waals surface area contributed by atoms with Gasteiger partial charge in [-0.25, -0.2) is 0 Å². The summed E-state index contributed by atoms with van der Waals surface area (Å²) in [6.07, 6.45) is 2.71. The van der Waals surface area contributed by atoms with Gasteiger partial charge in [0.1, 0.15) is 12.6 Å². The molecule has 0 spiro atoms. The minimum atomic E-state index is -0.379. The van der Waals surface area contributed by atoms with Crippen LogP contribution in [0.4, 0.5) is 0 Å². The molecule has 0 rings (SSSR count). The van der Waals surface area contributed by atoms with Crippen molar-refractivity contribution in [3.05, 3.63) is 0 Å². The number of hydroxylamine groups is 1. The first kappa shape index (κ1) is 20.0. The zero-order valence-corrected chi connectivity index (χ0v) is 14.9. The number of thioether (sulfide) groups is 1. The molecule has 8 heteroatoms. The van der Waals surface area contributed by atoms with Crippen molar-refractivity contribution in [1.82, 2.24) is 10.8 Å². The molecule has 0 aromatic rings. The summed E-state index contributed by atoms with van der Waals surface area (Å²) in [5, 5.41) is 2.86. The second-order valence-corrected chi connectivity index (χ2v) is 6.67. The minimum absolute atomic E-state index is 0.0156. The number of rotatable bonds is 10. The van der Waals surface area contributed by atoms with Crippen LogP contribution in [-0.4, -0.2) is 47.1 Å². The molecule has 0 heterocycles. The van der Waals surface area contributed by atoms with Crippen LogP contribution in [0.15, 0.2) is 0 Å². The third-order valence-electron chi connectivity index (χ3n) is 2.22. The molecule has 0 aliphatic carbocycles. The summed E-state index contributed by atoms with van der Waals surface area (Å²) in [5.41, 5.74) is 2.82. The van der Waals surface area contributed by atoms with Gasteiger partial charge in [-0.1, -0.05) is 12.6 Å². The third-order valence-corrected chi connectivity index (χ3v) is 3.11. The van der Waals surface area contributed by atoms with Crippen LogP contribution in [0, 0.1) is 0 Å². The number of carbonyl (C=O) groups excluding carboxylic acids is 1. The lowest BCUT2D eigenvalue weighted by Crippen LogP contribution is -2.49. The van der Waals surface area contributed by atoms with Crippen molar-refractivity contribution in [1.29, 1.82) is 0 Å². The second kappa shape index (κ2) is 11.6. The SMILES string of the molecule is CSCCC(NOC(C)C)C(=O)NC(C)COC(=S)S. The van der Waals surface area contributed by atoms with Gasteiger partial charge in [0.15, 0.2) is 0 Å². The largest absolute Gasteiger partial charge is 0.477 e. The fourth-order valence-corrected chi connectivity index (χ4v) is 1.89. The van der Waals surface area contributed by atoms with Crippen molar-refractivity contribution in [2.24, 2.45) is 0 Å². The summed E-state index contributed by atoms with van der Waals surface area (Å²) in [4.78, 5) is 17.5. The molecule has 20 heavy (non-hydrogen) atoms. The summed E-state index contributed by atoms with van der Waals surface area (Å²) < 4.78 is 5.26. The van der Waals surface area contributed by atoms with Crippen molar-refractivity contribution in [3.63, 3.8) is 0 Å². The predicted molar refractivity (Wildman–Crippen MR) is 91.3 cm³/mol. The van der Waals surface area contributed by atoms with Gasteiger partial charge in [-0.15, -0.1) is 0 Å². The summed E-state index contributed by atoms with van der Waals surface area (Å²) >= 11 is 10.3. The minimum Gasteiger partial charge on any atom is -0.477 e. The van der Waals surface area contributed by atoms with Crippen LogP contribution in [0.5, 0.6) is 0 Å². The number of nitrogens with one attached hydrogen (secondary N) is 2. The van der Waals surface area contributed by atoms with E-state index in [0.717, 1.165) is 5.75 Å². The Morgan fingerprint density at radius 2 is 2.05 bits per heavy atom. The fraction of sp³-hybridized carbons (Fsp3) is 0.833. The number of thiol groups is 1. The highest BCUT2D eigenvalue weighted by Gasteiger charge is 2.20. The zero-order valence-electron chi connectivity index (χ0n) is 12.3. The van der Waals surface area contributed by atoms with Gasteiger partial charge in [0.2, 0.25) is 10.3 Å². The molecular weight excluding hydrogens is 316 g/mol. The van der Waals surface area contributed by atoms with E-state index >= 15 is 0 Å². The van der Waals surface area contributed by atoms with Gasteiger partial charge >= 0.3 is 0 Å². The van der Waals surface area contributed by atoms with Gasteiger partial charge in [0, 0.05) is 0 Å². The van der Waals surface area contributed by atoms with Crippen molar-refractivity contribution in [2.45, 2.75) is 45.4 Å². The molecule has 1 amide bonds. The first-order chi connectivity index (χ1) is 9.36. The lowest BCUT2D eigenvalue weighted by molar-refractivity contribution is -0.130. The van der Waals surface area contributed by atoms with E-state index < -0.39 is 0 Å². The molecule has 0 aliphatic heterocycles. The number of thiocarbonyl (C=S) groups is 1. The van der Waals surface area contributed by atoms with Crippen LogP contribution in [0.2, 0.25) is 0 Å². The standard InChI is InChI=1S/C12H24N2O3S3/c1-8(2)17-14-10(5-6-20-4)11(15)13-9(3)7-16-12(18)19/h8-10,14H,5-7H2,1-4H3,(H,13,15)(H,18,19). The maximum absolute atomic E-state index is 12.1. The number of hydrogen-bond donors (Lipinski definition) is 3. The lowest BCUT2D eigenvalue weighted by Gasteiger charge is -2.21. The van der Waals surface area contributed by atoms with Crippen molar-refractivity contribution in [2.75, 3.05) is 18.6 Å². The Balaban J connectivity index is 4.26. The van der Waals surface area contributed by atoms with Gasteiger partial charge in [0.25, 0.3) is 0 Å². The predicted octanol–water partition coefficient (Wildman–Crippen LogP) is 1.77. The van der Waals surface area contributed by atoms with Crippen LogP contribution in [0.3, 0.4) is 0 Å². The van der Waals surface area contributed by atoms with E-state index in [1.807, 2.05) is 27.0 Å². The Bertz CT molecular complexity index is 304. The summed E-state index contributed by atoms with van der Waals surface area (Å²) in [6, 6.07) is -0.527. The fourth-order valence-electron chi connectivity index (χ4n) is 1.28. The van der Waals surface area contributed by atoms with Gasteiger partial charge in [0.05, 0.1) is 12.1 Å². The molecule has 0 radical (unpaired) electrons. The van der Waals surface area contributed by atoms with Gasteiger partial charge < -0.3 is 10.1 Å². The van der Waals surface area contributed by atoms with Crippen LogP contribution < -0.4 is 10.8 Å². The molecule has 0 aromatic carbocycles. The van der Waals surface area contributed by atoms with E-state index in [0.29, 0.717) is 13.0 Å². The highest BCUT2D eigenvalue weighted by molar-refractivity contribution is 8.10. The number of ether oxygens (including phenoxy) is 1. The van der Waals surface area contributed by atoms with E-state index in [4.69, 9.17) is 21.8 Å². The van der Waals surface area contributed by atoms with Crippen molar-refractivity contribution < 1.29 is 14.4 Å². The molecule has 0 saturated heterocycles. The molecule has 0 saturated carbocycles. The highest BCUT2D eigenvalue weighted by Crippen LogP contribution is 2.03. The molecule has 0 aliphatic rings. The molecule has 0 bridgehead atoms. The lowest BCUT2D eigenvalue weighted by atomic mass is 10.2. The maximum atomic E-state index is 12.1. The molecule has 0 fully saturated rings. The van der Waals surface area contributed by atoms with Crippen LogP contribution in [-0.2, 0) is 14.4 Å². The Morgan fingerprint density at radius 3 is 2.55 bits per heavy atom. The van der Waals surface area contributed by atoms with Crippen LogP contribution in [0.25, 0.3) is 0 Å². The summed E-state index contributed by atoms with van der Waals surface area (Å²) in [5.74, 6) is 0.763. The molecule has 2 unspecified atom stereocenters. The van der Waals surface area contributed by atoms with Crippen LogP contribution >= 0.6 is 36.6 Å². The summed E-state index contributed by atoms with van der Waals surface area (Å²) in [7, 11) is 0. The third kappa shape index (κ3) is 10.7. The normalized spacial score (nSPS) is 13.9. The van der Waals surface area contributed by atoms with E-state index in [2.05, 4.69) is 23.4 Å². The topological polar surface area (TPSA) is 59.6 Å². The first-order valence-corrected chi connectivity index (χ1v) is 8.68. The average molecular weight is 341 g/mol. The molecule has 5 nitrogen and oxygen atoms in total. The summed E-state index contributed by atoms with van der Waals surface area (Å²) in [6.45, 7) is 5.95. The Kier molecular flexibility index (Phi) is 11.6. The quantitative estimate of drug-likeness (QED) is 0.320. The van der Waals surface area contributed by atoms with Crippen molar-refractivity contribution in [3.8, 4) is 0 Å². The Labute approximate surface area is 136 Å². The highest BCUT2D eigenvalue weighted by atomic mass is 32.2. The van der Waals surface area contributed by atoms with E-state index in [-0.39, 0.29) is 28.5 Å². The van der Waals surface area contributed by atoms with Gasteiger partial charge in [-0.05, 0) is 51.4 Å². The molecular formula is C12H24N2O3S3. The number of carbonyl (C=O) groups is 1. The first-order valence-electron chi connectivity index (χ1n) is 6.43. The van der Waals surface area contributed by atoms with Crippen LogP contribution in [0.1, 0.15) is 27.2 Å². The smallest absolute Gasteiger partial charge is 0.239 e. The van der Waals surface area contributed by atoms with E-state index in [1.165, 1.54) is 0 Å². The maximum Gasteiger partial charge on any atom is 0.239 e. The molecule has 2 N–H and O–H groups in total. The van der Waals surface area contributed by atoms with Gasteiger partial charge in [-0.2, -0.15) is 17.2 Å². The number of hydrogen-bond acceptors (Lipinski definition) is 6. The Morgan fingerprint density at radius 1 is 1.40 bits per heavy atom. The molecule has 118 valence electrons. The molecule has 0 aromatic heterocycles. The zero-order chi connectivity index (χ0) is 15.5. The second-order valence-electron chi connectivity index (χ2n) is 4.61. The monoisotopic (exact) mass is 340 g/mol. The molecule has 2 atom stereocenters. The van der Waals surface area contributed by atoms with E-state index in [1.54, 1.807) is 11.8 Å². The number of amides is 1. The Hall–Kier alpha value is -0.0200. The average Bonchev–Trinajstić information content (AvgIpc) is 2.36.